The molecule has 2 fully saturated rings. The summed E-state index contributed by atoms with van der Waals surface area (Å²) in [5.41, 5.74) is 4.43. The highest BCUT2D eigenvalue weighted by Crippen LogP contribution is 2.31. The predicted molar refractivity (Wildman–Crippen MR) is 106 cm³/mol. The van der Waals surface area contributed by atoms with Crippen LogP contribution in [-0.2, 0) is 14.6 Å². The number of rotatable bonds is 3. The molecule has 0 spiro atoms. The van der Waals surface area contributed by atoms with Crippen molar-refractivity contribution in [2.75, 3.05) is 37.8 Å². The summed E-state index contributed by atoms with van der Waals surface area (Å²) >= 11 is 0. The van der Waals surface area contributed by atoms with Gasteiger partial charge in [-0.3, -0.25) is 9.48 Å². The second kappa shape index (κ2) is 7.33. The van der Waals surface area contributed by atoms with Gasteiger partial charge in [-0.1, -0.05) is 12.1 Å². The lowest BCUT2D eigenvalue weighted by Crippen LogP contribution is -2.40. The van der Waals surface area contributed by atoms with E-state index in [1.54, 1.807) is 15.6 Å². The molecule has 2 saturated heterocycles. The van der Waals surface area contributed by atoms with Gasteiger partial charge in [0, 0.05) is 18.7 Å². The molecule has 0 saturated carbocycles. The van der Waals surface area contributed by atoms with Crippen molar-refractivity contribution in [2.24, 2.45) is 0 Å². The number of carbonyl (C=O) groups is 1. The van der Waals surface area contributed by atoms with Gasteiger partial charge >= 0.3 is 0 Å². The standard InChI is InChI=1S/C20H25N3O4S/c1-14-3-4-16(11-15(14)2)19-12-18(20(24)22-6-8-27-9-7-22)21-23(19)17-5-10-28(25,26)13-17/h3-4,11-12,17H,5-10,13H2,1-2H3/t17-/m1/s1. The third kappa shape index (κ3) is 3.71. The third-order valence-electron chi connectivity index (χ3n) is 5.61. The van der Waals surface area contributed by atoms with Crippen LogP contribution in [0.5, 0.6) is 0 Å². The van der Waals surface area contributed by atoms with E-state index >= 15 is 0 Å². The number of benzene rings is 1. The lowest BCUT2D eigenvalue weighted by molar-refractivity contribution is 0.0298. The van der Waals surface area contributed by atoms with Crippen molar-refractivity contribution in [3.63, 3.8) is 0 Å². The number of hydrogen-bond acceptors (Lipinski definition) is 5. The molecule has 2 aromatic rings. The molecular formula is C20H25N3O4S. The summed E-state index contributed by atoms with van der Waals surface area (Å²) in [6.45, 7) is 6.23. The fourth-order valence-electron chi connectivity index (χ4n) is 3.79. The lowest BCUT2D eigenvalue weighted by Gasteiger charge is -2.25. The molecule has 1 aromatic carbocycles. The van der Waals surface area contributed by atoms with Crippen molar-refractivity contribution in [2.45, 2.75) is 26.3 Å². The van der Waals surface area contributed by atoms with Gasteiger partial charge in [0.05, 0.1) is 36.5 Å². The molecule has 0 radical (unpaired) electrons. The number of aryl methyl sites for hydroxylation is 2. The zero-order chi connectivity index (χ0) is 19.9. The van der Waals surface area contributed by atoms with Gasteiger partial charge in [-0.2, -0.15) is 5.10 Å². The van der Waals surface area contributed by atoms with E-state index in [1.807, 2.05) is 26.0 Å². The molecule has 0 aliphatic carbocycles. The minimum Gasteiger partial charge on any atom is -0.378 e. The maximum atomic E-state index is 12.9. The van der Waals surface area contributed by atoms with Crippen LogP contribution in [0.1, 0.15) is 34.1 Å². The zero-order valence-electron chi connectivity index (χ0n) is 16.2. The molecule has 2 aliphatic rings. The first kappa shape index (κ1) is 19.1. The van der Waals surface area contributed by atoms with Crippen molar-refractivity contribution < 1.29 is 17.9 Å². The first-order valence-corrected chi connectivity index (χ1v) is 11.4. The second-order valence-corrected chi connectivity index (χ2v) is 9.85. The van der Waals surface area contributed by atoms with Crippen molar-refractivity contribution >= 4 is 15.7 Å². The minimum absolute atomic E-state index is 0.0672. The van der Waals surface area contributed by atoms with Crippen molar-refractivity contribution in [1.29, 1.82) is 0 Å². The van der Waals surface area contributed by atoms with Gasteiger partial charge in [-0.15, -0.1) is 0 Å². The number of hydrogen-bond donors (Lipinski definition) is 0. The van der Waals surface area contributed by atoms with Crippen LogP contribution in [0.2, 0.25) is 0 Å². The number of aromatic nitrogens is 2. The lowest BCUT2D eigenvalue weighted by atomic mass is 10.0. The molecule has 28 heavy (non-hydrogen) atoms. The van der Waals surface area contributed by atoms with Gasteiger partial charge in [-0.25, -0.2) is 8.42 Å². The van der Waals surface area contributed by atoms with Crippen LogP contribution >= 0.6 is 0 Å². The fraction of sp³-hybridized carbons (Fsp3) is 0.500. The van der Waals surface area contributed by atoms with Crippen molar-refractivity contribution in [3.8, 4) is 11.3 Å². The maximum Gasteiger partial charge on any atom is 0.274 e. The van der Waals surface area contributed by atoms with E-state index in [2.05, 4.69) is 11.2 Å². The highest BCUT2D eigenvalue weighted by atomic mass is 32.2. The normalized spacial score (nSPS) is 21.8. The van der Waals surface area contributed by atoms with Gasteiger partial charge < -0.3 is 9.64 Å². The zero-order valence-corrected chi connectivity index (χ0v) is 17.0. The van der Waals surface area contributed by atoms with Gasteiger partial charge in [0.2, 0.25) is 0 Å². The van der Waals surface area contributed by atoms with Crippen LogP contribution < -0.4 is 0 Å². The third-order valence-corrected chi connectivity index (χ3v) is 7.36. The first-order valence-electron chi connectivity index (χ1n) is 9.59. The molecule has 150 valence electrons. The van der Waals surface area contributed by atoms with E-state index in [0.29, 0.717) is 38.4 Å². The summed E-state index contributed by atoms with van der Waals surface area (Å²) in [6.07, 6.45) is 0.521. The number of carbonyl (C=O) groups excluding carboxylic acids is 1. The molecule has 0 N–H and O–H groups in total. The van der Waals surface area contributed by atoms with Gasteiger partial charge in [0.15, 0.2) is 15.5 Å². The Morgan fingerprint density at radius 2 is 1.89 bits per heavy atom. The Balaban J connectivity index is 1.75. The Bertz CT molecular complexity index is 1010. The average Bonchev–Trinajstić information content (AvgIpc) is 3.27. The van der Waals surface area contributed by atoms with E-state index in [0.717, 1.165) is 16.8 Å². The molecular weight excluding hydrogens is 378 g/mol. The van der Waals surface area contributed by atoms with Crippen LogP contribution in [0.25, 0.3) is 11.3 Å². The van der Waals surface area contributed by atoms with Crippen LogP contribution in [-0.4, -0.2) is 66.8 Å². The molecule has 1 atom stereocenters. The second-order valence-electron chi connectivity index (χ2n) is 7.62. The van der Waals surface area contributed by atoms with E-state index in [9.17, 15) is 13.2 Å². The Kier molecular flexibility index (Phi) is 5.01. The van der Waals surface area contributed by atoms with Crippen LogP contribution in [0.15, 0.2) is 24.3 Å². The Morgan fingerprint density at radius 3 is 2.54 bits per heavy atom. The number of nitrogens with zero attached hydrogens (tertiary/aromatic N) is 3. The molecule has 8 heteroatoms. The summed E-state index contributed by atoms with van der Waals surface area (Å²) in [7, 11) is -3.06. The SMILES string of the molecule is Cc1ccc(-c2cc(C(=O)N3CCOCC3)nn2[C@@H]2CCS(=O)(=O)C2)cc1C. The van der Waals surface area contributed by atoms with E-state index < -0.39 is 9.84 Å². The number of sulfone groups is 1. The van der Waals surface area contributed by atoms with Crippen LogP contribution in [0, 0.1) is 13.8 Å². The minimum atomic E-state index is -3.06. The van der Waals surface area contributed by atoms with Crippen LogP contribution in [0.3, 0.4) is 0 Å². The molecule has 0 unspecified atom stereocenters. The maximum absolute atomic E-state index is 12.9. The highest BCUT2D eigenvalue weighted by molar-refractivity contribution is 7.91. The Morgan fingerprint density at radius 1 is 1.14 bits per heavy atom. The van der Waals surface area contributed by atoms with E-state index in [4.69, 9.17) is 4.74 Å². The van der Waals surface area contributed by atoms with E-state index in [-0.39, 0.29) is 23.5 Å². The Labute approximate surface area is 165 Å². The summed E-state index contributed by atoms with van der Waals surface area (Å²) in [6, 6.07) is 7.66. The first-order chi connectivity index (χ1) is 13.3. The summed E-state index contributed by atoms with van der Waals surface area (Å²) in [5.74, 6) is 0.0990. The summed E-state index contributed by atoms with van der Waals surface area (Å²) in [4.78, 5) is 14.7. The van der Waals surface area contributed by atoms with Gasteiger partial charge in [0.1, 0.15) is 0 Å². The monoisotopic (exact) mass is 403 g/mol. The molecule has 1 amide bonds. The van der Waals surface area contributed by atoms with Gasteiger partial charge in [-0.05, 0) is 43.5 Å². The number of morpholine rings is 1. The number of amides is 1. The quantitative estimate of drug-likeness (QED) is 0.783. The molecule has 2 aliphatic heterocycles. The van der Waals surface area contributed by atoms with Crippen molar-refractivity contribution in [3.05, 3.63) is 41.1 Å². The molecule has 7 nitrogen and oxygen atoms in total. The molecule has 1 aromatic heterocycles. The van der Waals surface area contributed by atoms with Crippen LogP contribution in [0.4, 0.5) is 0 Å². The predicted octanol–water partition coefficient (Wildman–Crippen LogP) is 2.00. The topological polar surface area (TPSA) is 81.5 Å². The molecule has 0 bridgehead atoms. The average molecular weight is 404 g/mol. The summed E-state index contributed by atoms with van der Waals surface area (Å²) in [5, 5.41) is 4.58. The summed E-state index contributed by atoms with van der Waals surface area (Å²) < 4.78 is 31.1. The smallest absolute Gasteiger partial charge is 0.274 e. The molecule has 4 rings (SSSR count). The Hall–Kier alpha value is -2.19. The largest absolute Gasteiger partial charge is 0.378 e. The molecule has 3 heterocycles. The fourth-order valence-corrected chi connectivity index (χ4v) is 5.48. The van der Waals surface area contributed by atoms with Gasteiger partial charge in [0.25, 0.3) is 5.91 Å². The number of ether oxygens (including phenoxy) is 1. The van der Waals surface area contributed by atoms with E-state index in [1.165, 1.54) is 5.56 Å². The highest BCUT2D eigenvalue weighted by Gasteiger charge is 2.33. The van der Waals surface area contributed by atoms with Crippen molar-refractivity contribution in [1.82, 2.24) is 14.7 Å².